The molecule has 76 valence electrons. The van der Waals surface area contributed by atoms with Crippen LogP contribution in [0.4, 0.5) is 0 Å². The molecule has 0 aromatic heterocycles. The number of carbonyl (C=O) groups is 1. The zero-order valence-electron chi connectivity index (χ0n) is 8.05. The van der Waals surface area contributed by atoms with Gasteiger partial charge in [-0.2, -0.15) is 0 Å². The number of rotatable bonds is 2. The molecule has 1 aromatic carbocycles. The van der Waals surface area contributed by atoms with E-state index in [-0.39, 0.29) is 5.91 Å². The number of nitrogens with zero attached hydrogens (tertiary/aromatic N) is 1. The highest BCUT2D eigenvalue weighted by molar-refractivity contribution is 9.10. The maximum Gasteiger partial charge on any atom is 0.226 e. The maximum absolute atomic E-state index is 11.4. The second-order valence-corrected chi connectivity index (χ2v) is 4.47. The van der Waals surface area contributed by atoms with Gasteiger partial charge < -0.3 is 4.90 Å². The van der Waals surface area contributed by atoms with Crippen LogP contribution < -0.4 is 0 Å². The summed E-state index contributed by atoms with van der Waals surface area (Å²) in [6.45, 7) is 0. The van der Waals surface area contributed by atoms with Gasteiger partial charge in [0.25, 0.3) is 0 Å². The van der Waals surface area contributed by atoms with Crippen LogP contribution in [-0.4, -0.2) is 24.9 Å². The third-order valence-corrected chi connectivity index (χ3v) is 3.07. The zero-order valence-corrected chi connectivity index (χ0v) is 10.4. The van der Waals surface area contributed by atoms with Crippen molar-refractivity contribution in [3.63, 3.8) is 0 Å². The van der Waals surface area contributed by atoms with Gasteiger partial charge in [0.2, 0.25) is 5.91 Å². The molecule has 0 bridgehead atoms. The Labute approximate surface area is 97.0 Å². The summed E-state index contributed by atoms with van der Waals surface area (Å²) in [5.74, 6) is 0.0726. The van der Waals surface area contributed by atoms with Crippen molar-refractivity contribution in [3.8, 4) is 0 Å². The number of amides is 1. The first-order valence-corrected chi connectivity index (χ1v) is 5.32. The Kier molecular flexibility index (Phi) is 3.96. The molecule has 1 rings (SSSR count). The van der Waals surface area contributed by atoms with Gasteiger partial charge >= 0.3 is 0 Å². The van der Waals surface area contributed by atoms with Crippen molar-refractivity contribution in [1.82, 2.24) is 4.90 Å². The molecular formula is C10H11BrClNO. The Morgan fingerprint density at radius 2 is 2.14 bits per heavy atom. The van der Waals surface area contributed by atoms with E-state index in [0.29, 0.717) is 11.4 Å². The van der Waals surface area contributed by atoms with E-state index in [1.165, 1.54) is 0 Å². The quantitative estimate of drug-likeness (QED) is 0.813. The molecule has 0 saturated heterocycles. The first-order valence-electron chi connectivity index (χ1n) is 4.15. The van der Waals surface area contributed by atoms with Gasteiger partial charge in [0.15, 0.2) is 0 Å². The SMILES string of the molecule is CN(C)C(=O)Cc1ccc(Br)c(Cl)c1. The number of carbonyl (C=O) groups excluding carboxylic acids is 1. The van der Waals surface area contributed by atoms with Crippen LogP contribution in [-0.2, 0) is 11.2 Å². The standard InChI is InChI=1S/C10H11BrClNO/c1-13(2)10(14)6-7-3-4-8(11)9(12)5-7/h3-5H,6H2,1-2H3. The first kappa shape index (κ1) is 11.5. The van der Waals surface area contributed by atoms with Gasteiger partial charge in [0.1, 0.15) is 0 Å². The van der Waals surface area contributed by atoms with Crippen molar-refractivity contribution >= 4 is 33.4 Å². The lowest BCUT2D eigenvalue weighted by atomic mass is 10.1. The molecule has 0 atom stereocenters. The molecule has 0 aliphatic carbocycles. The highest BCUT2D eigenvalue weighted by Crippen LogP contribution is 2.23. The molecule has 0 spiro atoms. The van der Waals surface area contributed by atoms with Crippen LogP contribution in [0.1, 0.15) is 5.56 Å². The highest BCUT2D eigenvalue weighted by Gasteiger charge is 2.06. The minimum Gasteiger partial charge on any atom is -0.349 e. The minimum absolute atomic E-state index is 0.0726. The molecule has 4 heteroatoms. The lowest BCUT2D eigenvalue weighted by Crippen LogP contribution is -2.23. The molecule has 0 unspecified atom stereocenters. The Hall–Kier alpha value is -0.540. The van der Waals surface area contributed by atoms with Crippen molar-refractivity contribution in [2.24, 2.45) is 0 Å². The van der Waals surface area contributed by atoms with Crippen LogP contribution in [0.15, 0.2) is 22.7 Å². The third kappa shape index (κ3) is 3.00. The van der Waals surface area contributed by atoms with Gasteiger partial charge in [-0.05, 0) is 33.6 Å². The van der Waals surface area contributed by atoms with Crippen LogP contribution in [0.3, 0.4) is 0 Å². The average molecular weight is 277 g/mol. The van der Waals surface area contributed by atoms with Crippen molar-refractivity contribution in [2.45, 2.75) is 6.42 Å². The summed E-state index contributed by atoms with van der Waals surface area (Å²) in [5, 5.41) is 0.633. The largest absolute Gasteiger partial charge is 0.349 e. The Morgan fingerprint density at radius 3 is 2.64 bits per heavy atom. The maximum atomic E-state index is 11.4. The summed E-state index contributed by atoms with van der Waals surface area (Å²) in [7, 11) is 3.48. The predicted molar refractivity (Wildman–Crippen MR) is 61.6 cm³/mol. The van der Waals surface area contributed by atoms with E-state index >= 15 is 0 Å². The summed E-state index contributed by atoms with van der Waals surface area (Å²) in [4.78, 5) is 12.9. The van der Waals surface area contributed by atoms with Crippen molar-refractivity contribution in [3.05, 3.63) is 33.3 Å². The normalized spacial score (nSPS) is 10.0. The molecule has 1 aromatic rings. The summed E-state index contributed by atoms with van der Waals surface area (Å²) >= 11 is 9.20. The van der Waals surface area contributed by atoms with Gasteiger partial charge in [-0.15, -0.1) is 0 Å². The summed E-state index contributed by atoms with van der Waals surface area (Å²) < 4.78 is 0.847. The zero-order chi connectivity index (χ0) is 10.7. The third-order valence-electron chi connectivity index (χ3n) is 1.84. The Morgan fingerprint density at radius 1 is 1.50 bits per heavy atom. The van der Waals surface area contributed by atoms with E-state index in [1.54, 1.807) is 25.1 Å². The van der Waals surface area contributed by atoms with E-state index in [4.69, 9.17) is 11.6 Å². The molecule has 0 saturated carbocycles. The van der Waals surface area contributed by atoms with Crippen molar-refractivity contribution in [2.75, 3.05) is 14.1 Å². The second-order valence-electron chi connectivity index (χ2n) is 3.21. The van der Waals surface area contributed by atoms with Crippen LogP contribution in [0.5, 0.6) is 0 Å². The lowest BCUT2D eigenvalue weighted by Gasteiger charge is -2.10. The number of halogens is 2. The molecule has 2 nitrogen and oxygen atoms in total. The van der Waals surface area contributed by atoms with Crippen LogP contribution in [0.25, 0.3) is 0 Å². The van der Waals surface area contributed by atoms with Gasteiger partial charge in [-0.3, -0.25) is 4.79 Å². The topological polar surface area (TPSA) is 20.3 Å². The van der Waals surface area contributed by atoms with Gasteiger partial charge in [0, 0.05) is 18.6 Å². The molecule has 0 N–H and O–H groups in total. The van der Waals surface area contributed by atoms with Crippen LogP contribution >= 0.6 is 27.5 Å². The predicted octanol–water partition coefficient (Wildman–Crippen LogP) is 2.73. The van der Waals surface area contributed by atoms with E-state index in [0.717, 1.165) is 10.0 Å². The molecule has 0 aliphatic rings. The molecular weight excluding hydrogens is 265 g/mol. The molecule has 0 radical (unpaired) electrons. The average Bonchev–Trinajstić information content (AvgIpc) is 2.11. The minimum atomic E-state index is 0.0726. The fraction of sp³-hybridized carbons (Fsp3) is 0.300. The van der Waals surface area contributed by atoms with Gasteiger partial charge in [-0.25, -0.2) is 0 Å². The van der Waals surface area contributed by atoms with E-state index in [1.807, 2.05) is 12.1 Å². The van der Waals surface area contributed by atoms with E-state index < -0.39 is 0 Å². The highest BCUT2D eigenvalue weighted by atomic mass is 79.9. The van der Waals surface area contributed by atoms with E-state index in [2.05, 4.69) is 15.9 Å². The smallest absolute Gasteiger partial charge is 0.226 e. The van der Waals surface area contributed by atoms with Crippen molar-refractivity contribution in [1.29, 1.82) is 0 Å². The van der Waals surface area contributed by atoms with Gasteiger partial charge in [-0.1, -0.05) is 17.7 Å². The fourth-order valence-electron chi connectivity index (χ4n) is 0.982. The van der Waals surface area contributed by atoms with Crippen molar-refractivity contribution < 1.29 is 4.79 Å². The van der Waals surface area contributed by atoms with Crippen LogP contribution in [0, 0.1) is 0 Å². The fourth-order valence-corrected chi connectivity index (χ4v) is 1.43. The molecule has 0 heterocycles. The molecule has 14 heavy (non-hydrogen) atoms. The summed E-state index contributed by atoms with van der Waals surface area (Å²) in [6.07, 6.45) is 0.389. The second kappa shape index (κ2) is 4.80. The first-order chi connectivity index (χ1) is 6.50. The summed E-state index contributed by atoms with van der Waals surface area (Å²) in [6, 6.07) is 5.53. The Bertz CT molecular complexity index is 352. The molecule has 0 aliphatic heterocycles. The number of hydrogen-bond acceptors (Lipinski definition) is 1. The lowest BCUT2D eigenvalue weighted by molar-refractivity contribution is -0.127. The van der Waals surface area contributed by atoms with Gasteiger partial charge in [0.05, 0.1) is 11.4 Å². The summed E-state index contributed by atoms with van der Waals surface area (Å²) in [5.41, 5.74) is 0.928. The molecule has 0 fully saturated rings. The van der Waals surface area contributed by atoms with E-state index in [9.17, 15) is 4.79 Å². The number of benzene rings is 1. The molecule has 1 amide bonds. The Balaban J connectivity index is 2.78. The van der Waals surface area contributed by atoms with Crippen LogP contribution in [0.2, 0.25) is 5.02 Å². The number of likely N-dealkylation sites (N-methyl/N-ethyl adjacent to an activating group) is 1. The monoisotopic (exact) mass is 275 g/mol. The number of hydrogen-bond donors (Lipinski definition) is 0.